The van der Waals surface area contributed by atoms with Crippen LogP contribution in [0.3, 0.4) is 0 Å². The van der Waals surface area contributed by atoms with Crippen molar-refractivity contribution < 1.29 is 4.79 Å². The van der Waals surface area contributed by atoms with Crippen molar-refractivity contribution in [3.63, 3.8) is 0 Å². The van der Waals surface area contributed by atoms with Crippen LogP contribution in [0, 0.1) is 0 Å². The minimum absolute atomic E-state index is 0.128. The van der Waals surface area contributed by atoms with E-state index in [1.807, 2.05) is 54.6 Å². The molecule has 3 rings (SSSR count). The van der Waals surface area contributed by atoms with E-state index in [2.05, 4.69) is 10.2 Å². The maximum atomic E-state index is 12.1. The lowest BCUT2D eigenvalue weighted by Gasteiger charge is -2.07. The maximum Gasteiger partial charge on any atom is 0.279 e. The van der Waals surface area contributed by atoms with E-state index < -0.39 is 0 Å². The second-order valence-electron chi connectivity index (χ2n) is 4.49. The summed E-state index contributed by atoms with van der Waals surface area (Å²) in [4.78, 5) is 13.7. The lowest BCUT2D eigenvalue weighted by atomic mass is 10.1. The van der Waals surface area contributed by atoms with E-state index in [1.54, 1.807) is 18.2 Å². The lowest BCUT2D eigenvalue weighted by molar-refractivity contribution is -0.111. The summed E-state index contributed by atoms with van der Waals surface area (Å²) in [6.45, 7) is 0. The van der Waals surface area contributed by atoms with Crippen molar-refractivity contribution in [1.29, 1.82) is 0 Å². The highest BCUT2D eigenvalue weighted by Gasteiger charge is 2.30. The van der Waals surface area contributed by atoms with Crippen LogP contribution in [0.15, 0.2) is 64.8 Å². The molecule has 0 aliphatic carbocycles. The minimum Gasteiger partial charge on any atom is -0.309 e. The number of carbonyl (C=O) groups is 1. The number of hydrogen-bond acceptors (Lipinski definition) is 3. The van der Waals surface area contributed by atoms with Gasteiger partial charge in [0.15, 0.2) is 5.71 Å². The van der Waals surface area contributed by atoms with Gasteiger partial charge in [-0.1, -0.05) is 48.5 Å². The Morgan fingerprint density at radius 2 is 1.70 bits per heavy atom. The summed E-state index contributed by atoms with van der Waals surface area (Å²) in [6, 6.07) is 17.2. The Labute approximate surface area is 117 Å². The van der Waals surface area contributed by atoms with Crippen LogP contribution < -0.4 is 4.90 Å². The third kappa shape index (κ3) is 2.12. The third-order valence-corrected chi connectivity index (χ3v) is 3.19. The van der Waals surface area contributed by atoms with Gasteiger partial charge in [0.05, 0.1) is 11.9 Å². The Morgan fingerprint density at radius 1 is 1.00 bits per heavy atom. The third-order valence-electron chi connectivity index (χ3n) is 3.19. The molecule has 4 nitrogen and oxygen atoms in total. The van der Waals surface area contributed by atoms with Crippen molar-refractivity contribution in [2.45, 2.75) is 0 Å². The molecule has 0 aromatic heterocycles. The quantitative estimate of drug-likeness (QED) is 0.606. The van der Waals surface area contributed by atoms with Gasteiger partial charge in [0.25, 0.3) is 5.91 Å². The summed E-state index contributed by atoms with van der Waals surface area (Å²) < 4.78 is 0. The van der Waals surface area contributed by atoms with Crippen LogP contribution in [0.4, 0.5) is 5.69 Å². The highest BCUT2D eigenvalue weighted by Crippen LogP contribution is 2.27. The van der Waals surface area contributed by atoms with Crippen molar-refractivity contribution in [1.82, 2.24) is 0 Å². The molecule has 0 spiro atoms. The first kappa shape index (κ1) is 12.3. The van der Waals surface area contributed by atoms with Gasteiger partial charge in [-0.15, -0.1) is 5.10 Å². The van der Waals surface area contributed by atoms with Crippen molar-refractivity contribution in [2.24, 2.45) is 10.2 Å². The zero-order valence-corrected chi connectivity index (χ0v) is 11.0. The Hall–Kier alpha value is -2.75. The van der Waals surface area contributed by atoms with Crippen molar-refractivity contribution in [2.75, 3.05) is 11.9 Å². The zero-order valence-electron chi connectivity index (χ0n) is 11.0. The number of rotatable bonds is 2. The molecule has 2 aromatic carbocycles. The molecule has 0 radical (unpaired) electrons. The molecule has 0 saturated heterocycles. The van der Waals surface area contributed by atoms with Crippen LogP contribution >= 0.6 is 0 Å². The molecule has 0 saturated carbocycles. The summed E-state index contributed by atoms with van der Waals surface area (Å²) in [5.74, 6) is -0.128. The number of carbonyl (C=O) groups excluding carboxylic acids is 1. The second kappa shape index (κ2) is 5.09. The molecule has 0 bridgehead atoms. The van der Waals surface area contributed by atoms with Gasteiger partial charge in [-0.05, 0) is 11.6 Å². The van der Waals surface area contributed by atoms with Crippen molar-refractivity contribution in [3.8, 4) is 0 Å². The summed E-state index contributed by atoms with van der Waals surface area (Å²) >= 11 is 0. The summed E-state index contributed by atoms with van der Waals surface area (Å²) in [6.07, 6.45) is 1.64. The number of fused-ring (bicyclic) bond motifs is 1. The predicted molar refractivity (Wildman–Crippen MR) is 80.4 cm³/mol. The summed E-state index contributed by atoms with van der Waals surface area (Å²) in [7, 11) is 1.74. The fourth-order valence-corrected chi connectivity index (χ4v) is 2.14. The van der Waals surface area contributed by atoms with Gasteiger partial charge in [-0.2, -0.15) is 5.10 Å². The molecule has 1 heterocycles. The Morgan fingerprint density at radius 3 is 2.50 bits per heavy atom. The van der Waals surface area contributed by atoms with E-state index in [1.165, 1.54) is 0 Å². The predicted octanol–water partition coefficient (Wildman–Crippen LogP) is 2.49. The van der Waals surface area contributed by atoms with Crippen molar-refractivity contribution in [3.05, 3.63) is 65.7 Å². The van der Waals surface area contributed by atoms with Crippen LogP contribution in [0.5, 0.6) is 0 Å². The zero-order chi connectivity index (χ0) is 13.9. The van der Waals surface area contributed by atoms with Gasteiger partial charge in [0.2, 0.25) is 0 Å². The van der Waals surface area contributed by atoms with Crippen LogP contribution in [-0.4, -0.2) is 24.9 Å². The number of amides is 1. The monoisotopic (exact) mass is 263 g/mol. The van der Waals surface area contributed by atoms with Crippen LogP contribution in [0.2, 0.25) is 0 Å². The molecular weight excluding hydrogens is 250 g/mol. The molecule has 2 aromatic rings. The largest absolute Gasteiger partial charge is 0.309 e. The molecule has 4 heteroatoms. The molecule has 0 unspecified atom stereocenters. The average molecular weight is 263 g/mol. The summed E-state index contributed by atoms with van der Waals surface area (Å²) in [5.41, 5.74) is 3.02. The van der Waals surface area contributed by atoms with Gasteiger partial charge >= 0.3 is 0 Å². The first-order valence-corrected chi connectivity index (χ1v) is 6.31. The maximum absolute atomic E-state index is 12.1. The lowest BCUT2D eigenvalue weighted by Crippen LogP contribution is -2.25. The number of likely N-dealkylation sites (N-methyl/N-ethyl adjacent to an activating group) is 1. The average Bonchev–Trinajstić information content (AvgIpc) is 2.74. The second-order valence-corrected chi connectivity index (χ2v) is 4.49. The summed E-state index contributed by atoms with van der Waals surface area (Å²) in [5, 5.41) is 8.11. The van der Waals surface area contributed by atoms with E-state index in [9.17, 15) is 4.79 Å². The normalized spacial score (nSPS) is 16.1. The Balaban J connectivity index is 1.93. The Kier molecular flexibility index (Phi) is 3.13. The van der Waals surface area contributed by atoms with E-state index in [4.69, 9.17) is 0 Å². The molecular formula is C16H13N3O. The van der Waals surface area contributed by atoms with Crippen LogP contribution in [-0.2, 0) is 4.79 Å². The smallest absolute Gasteiger partial charge is 0.279 e. The number of nitrogens with zero attached hydrogens (tertiary/aromatic N) is 3. The van der Waals surface area contributed by atoms with E-state index in [0.717, 1.165) is 16.8 Å². The topological polar surface area (TPSA) is 45.0 Å². The van der Waals surface area contributed by atoms with Gasteiger partial charge in [0.1, 0.15) is 0 Å². The van der Waals surface area contributed by atoms with Gasteiger partial charge < -0.3 is 4.90 Å². The highest BCUT2D eigenvalue weighted by atomic mass is 16.2. The highest BCUT2D eigenvalue weighted by molar-refractivity contribution is 6.54. The van der Waals surface area contributed by atoms with E-state index >= 15 is 0 Å². The van der Waals surface area contributed by atoms with Crippen LogP contribution in [0.25, 0.3) is 0 Å². The first-order chi connectivity index (χ1) is 9.77. The van der Waals surface area contributed by atoms with E-state index in [-0.39, 0.29) is 5.91 Å². The number of para-hydroxylation sites is 1. The number of benzene rings is 2. The minimum atomic E-state index is -0.128. The molecule has 20 heavy (non-hydrogen) atoms. The molecule has 0 N–H and O–H groups in total. The van der Waals surface area contributed by atoms with Gasteiger partial charge in [0, 0.05) is 12.6 Å². The molecule has 0 fully saturated rings. The fourth-order valence-electron chi connectivity index (χ4n) is 2.14. The molecule has 1 amide bonds. The van der Waals surface area contributed by atoms with Crippen LogP contribution in [0.1, 0.15) is 11.1 Å². The fraction of sp³-hybridized carbons (Fsp3) is 0.0625. The standard InChI is InChI=1S/C16H13N3O/c1-19-14-10-6-5-9-13(14)15(16(19)20)18-17-11-12-7-3-2-4-8-12/h2-11H,1H3/b17-11-,18-15+. The molecule has 1 aliphatic heterocycles. The van der Waals surface area contributed by atoms with Gasteiger partial charge in [-0.25, -0.2) is 0 Å². The van der Waals surface area contributed by atoms with E-state index in [0.29, 0.717) is 5.71 Å². The SMILES string of the molecule is CN1C(=O)/C(=N/N=C\c2ccccc2)c2ccccc21. The molecule has 1 aliphatic rings. The van der Waals surface area contributed by atoms with Crippen molar-refractivity contribution >= 4 is 23.5 Å². The number of anilines is 1. The Bertz CT molecular complexity index is 705. The molecule has 0 atom stereocenters. The van der Waals surface area contributed by atoms with Gasteiger partial charge in [-0.3, -0.25) is 4.79 Å². The molecule has 98 valence electrons. The first-order valence-electron chi connectivity index (χ1n) is 6.31. The number of hydrogen-bond donors (Lipinski definition) is 0.